The normalized spacial score (nSPS) is 17.0. The van der Waals surface area contributed by atoms with Gasteiger partial charge in [-0.3, -0.25) is 14.9 Å². The smallest absolute Gasteiger partial charge is 0.293 e. The highest BCUT2D eigenvalue weighted by Crippen LogP contribution is 2.37. The molecule has 0 unspecified atom stereocenters. The van der Waals surface area contributed by atoms with Gasteiger partial charge in [-0.05, 0) is 37.8 Å². The first-order valence-electron chi connectivity index (χ1n) is 9.63. The Morgan fingerprint density at radius 3 is 2.75 bits per heavy atom. The molecule has 1 aliphatic rings. The number of aromatic nitrogens is 2. The van der Waals surface area contributed by atoms with E-state index in [4.69, 9.17) is 0 Å². The average Bonchev–Trinajstić information content (AvgIpc) is 2.74. The van der Waals surface area contributed by atoms with E-state index in [0.29, 0.717) is 33.8 Å². The molecule has 1 saturated heterocycles. The molecule has 1 aromatic heterocycles. The number of hydrogen-bond donors (Lipinski definition) is 1. The van der Waals surface area contributed by atoms with Crippen LogP contribution < -0.4 is 10.5 Å². The quantitative estimate of drug-likeness (QED) is 0.541. The summed E-state index contributed by atoms with van der Waals surface area (Å²) in [6.07, 6.45) is 4.22. The zero-order valence-electron chi connectivity index (χ0n) is 15.7. The fraction of sp³-hybridized carbons (Fsp3) is 0.333. The maximum absolute atomic E-state index is 12.0. The van der Waals surface area contributed by atoms with E-state index in [1.54, 1.807) is 18.2 Å². The molecule has 7 heteroatoms. The molecule has 1 atom stereocenters. The molecule has 0 aliphatic carbocycles. The lowest BCUT2D eigenvalue weighted by molar-refractivity contribution is -0.384. The molecule has 1 aliphatic heterocycles. The molecule has 0 bridgehead atoms. The van der Waals surface area contributed by atoms with Crippen molar-refractivity contribution < 1.29 is 4.92 Å². The number of benzene rings is 2. The van der Waals surface area contributed by atoms with Crippen molar-refractivity contribution in [1.29, 1.82) is 0 Å². The lowest BCUT2D eigenvalue weighted by Gasteiger charge is -2.36. The number of hydrogen-bond acceptors (Lipinski definition) is 5. The van der Waals surface area contributed by atoms with Gasteiger partial charge in [-0.25, -0.2) is 5.10 Å². The van der Waals surface area contributed by atoms with Crippen LogP contribution in [0.2, 0.25) is 0 Å². The minimum absolute atomic E-state index is 0.0786. The van der Waals surface area contributed by atoms with E-state index in [1.807, 2.05) is 24.3 Å². The number of aromatic amines is 1. The van der Waals surface area contributed by atoms with Crippen LogP contribution in [0.4, 0.5) is 11.4 Å². The summed E-state index contributed by atoms with van der Waals surface area (Å²) >= 11 is 0. The highest BCUT2D eigenvalue weighted by molar-refractivity contribution is 5.94. The third kappa shape index (κ3) is 3.13. The predicted molar refractivity (Wildman–Crippen MR) is 110 cm³/mol. The summed E-state index contributed by atoms with van der Waals surface area (Å²) in [5.41, 5.74) is 1.62. The van der Waals surface area contributed by atoms with Crippen molar-refractivity contribution in [3.05, 3.63) is 62.9 Å². The van der Waals surface area contributed by atoms with Crippen LogP contribution in [0.5, 0.6) is 0 Å². The van der Waals surface area contributed by atoms with Crippen LogP contribution >= 0.6 is 0 Å². The molecular weight excluding hydrogens is 356 g/mol. The molecule has 1 N–H and O–H groups in total. The summed E-state index contributed by atoms with van der Waals surface area (Å²) in [6, 6.07) is 12.7. The van der Waals surface area contributed by atoms with Crippen molar-refractivity contribution in [2.75, 3.05) is 11.4 Å². The number of piperidine rings is 1. The van der Waals surface area contributed by atoms with Crippen molar-refractivity contribution in [2.45, 2.75) is 38.6 Å². The molecule has 0 radical (unpaired) electrons. The van der Waals surface area contributed by atoms with Crippen LogP contribution in [0.25, 0.3) is 22.0 Å². The molecule has 1 fully saturated rings. The summed E-state index contributed by atoms with van der Waals surface area (Å²) in [7, 11) is 0. The van der Waals surface area contributed by atoms with Gasteiger partial charge in [-0.15, -0.1) is 0 Å². The summed E-state index contributed by atoms with van der Waals surface area (Å²) < 4.78 is 0. The average molecular weight is 378 g/mol. The molecule has 0 amide bonds. The maximum atomic E-state index is 12.0. The SMILES string of the molecule is CC[C@H]1CCCCN1c1ccc(-c2n[nH]c(=O)c3ccccc23)cc1[N+](=O)[O-]. The van der Waals surface area contributed by atoms with Crippen molar-refractivity contribution in [2.24, 2.45) is 0 Å². The molecule has 2 aromatic carbocycles. The second-order valence-corrected chi connectivity index (χ2v) is 7.16. The topological polar surface area (TPSA) is 92.1 Å². The Labute approximate surface area is 162 Å². The minimum Gasteiger partial charge on any atom is -0.363 e. The van der Waals surface area contributed by atoms with Crippen LogP contribution in [-0.4, -0.2) is 27.7 Å². The molecule has 7 nitrogen and oxygen atoms in total. The molecule has 28 heavy (non-hydrogen) atoms. The molecule has 0 spiro atoms. The minimum atomic E-state index is -0.325. The second-order valence-electron chi connectivity index (χ2n) is 7.16. The standard InChI is InChI=1S/C21H22N4O3/c1-2-15-7-5-6-12-24(15)18-11-10-14(13-19(18)25(27)28)20-16-8-3-4-9-17(16)21(26)23-22-20/h3-4,8-11,13,15H,2,5-7,12H2,1H3,(H,23,26)/t15-/m0/s1. The highest BCUT2D eigenvalue weighted by atomic mass is 16.6. The van der Waals surface area contributed by atoms with Crippen LogP contribution in [0.1, 0.15) is 32.6 Å². The van der Waals surface area contributed by atoms with Crippen LogP contribution in [0.15, 0.2) is 47.3 Å². The van der Waals surface area contributed by atoms with Gasteiger partial charge in [-0.1, -0.05) is 31.2 Å². The largest absolute Gasteiger partial charge is 0.363 e. The number of nitrogens with one attached hydrogen (secondary N) is 1. The van der Waals surface area contributed by atoms with Gasteiger partial charge in [0.25, 0.3) is 11.2 Å². The first kappa shape index (κ1) is 18.2. The first-order valence-corrected chi connectivity index (χ1v) is 9.63. The Bertz CT molecular complexity index is 1090. The molecular formula is C21H22N4O3. The Hall–Kier alpha value is -3.22. The Morgan fingerprint density at radius 1 is 1.21 bits per heavy atom. The fourth-order valence-electron chi connectivity index (χ4n) is 4.14. The van der Waals surface area contributed by atoms with Crippen molar-refractivity contribution in [3.8, 4) is 11.3 Å². The molecule has 3 aromatic rings. The van der Waals surface area contributed by atoms with E-state index in [0.717, 1.165) is 32.2 Å². The zero-order valence-corrected chi connectivity index (χ0v) is 15.7. The number of nitro benzene ring substituents is 1. The Balaban J connectivity index is 1.85. The fourth-order valence-corrected chi connectivity index (χ4v) is 4.14. The van der Waals surface area contributed by atoms with E-state index < -0.39 is 0 Å². The Morgan fingerprint density at radius 2 is 2.00 bits per heavy atom. The van der Waals surface area contributed by atoms with E-state index in [-0.39, 0.29) is 16.2 Å². The number of nitro groups is 1. The lowest BCUT2D eigenvalue weighted by Crippen LogP contribution is -2.39. The predicted octanol–water partition coefficient (Wildman–Crippen LogP) is 4.27. The van der Waals surface area contributed by atoms with Crippen LogP contribution in [0.3, 0.4) is 0 Å². The Kier molecular flexibility index (Phi) is 4.81. The van der Waals surface area contributed by atoms with Gasteiger partial charge < -0.3 is 4.90 Å². The third-order valence-electron chi connectivity index (χ3n) is 5.55. The van der Waals surface area contributed by atoms with Gasteiger partial charge in [0, 0.05) is 29.6 Å². The van der Waals surface area contributed by atoms with Gasteiger partial charge in [0.05, 0.1) is 16.0 Å². The van der Waals surface area contributed by atoms with E-state index in [1.165, 1.54) is 0 Å². The number of fused-ring (bicyclic) bond motifs is 1. The molecule has 0 saturated carbocycles. The number of H-pyrrole nitrogens is 1. The summed E-state index contributed by atoms with van der Waals surface area (Å²) in [4.78, 5) is 25.7. The van der Waals surface area contributed by atoms with Crippen molar-refractivity contribution >= 4 is 22.1 Å². The monoisotopic (exact) mass is 378 g/mol. The number of rotatable bonds is 4. The number of nitrogens with zero attached hydrogens (tertiary/aromatic N) is 3. The molecule has 4 rings (SSSR count). The second kappa shape index (κ2) is 7.42. The van der Waals surface area contributed by atoms with Gasteiger partial charge >= 0.3 is 0 Å². The third-order valence-corrected chi connectivity index (χ3v) is 5.55. The van der Waals surface area contributed by atoms with E-state index >= 15 is 0 Å². The highest BCUT2D eigenvalue weighted by Gasteiger charge is 2.27. The summed E-state index contributed by atoms with van der Waals surface area (Å²) in [5, 5.41) is 19.7. The van der Waals surface area contributed by atoms with E-state index in [2.05, 4.69) is 22.0 Å². The summed E-state index contributed by atoms with van der Waals surface area (Å²) in [6.45, 7) is 2.96. The van der Waals surface area contributed by atoms with Crippen molar-refractivity contribution in [3.63, 3.8) is 0 Å². The van der Waals surface area contributed by atoms with Gasteiger partial charge in [-0.2, -0.15) is 5.10 Å². The van der Waals surface area contributed by atoms with Gasteiger partial charge in [0.2, 0.25) is 0 Å². The van der Waals surface area contributed by atoms with Crippen molar-refractivity contribution in [1.82, 2.24) is 10.2 Å². The number of anilines is 1. The first-order chi connectivity index (χ1) is 13.6. The summed E-state index contributed by atoms with van der Waals surface area (Å²) in [5.74, 6) is 0. The van der Waals surface area contributed by atoms with Crippen LogP contribution in [-0.2, 0) is 0 Å². The van der Waals surface area contributed by atoms with Gasteiger partial charge in [0.15, 0.2) is 0 Å². The zero-order chi connectivity index (χ0) is 19.7. The lowest BCUT2D eigenvalue weighted by atomic mass is 9.97. The molecule has 2 heterocycles. The van der Waals surface area contributed by atoms with E-state index in [9.17, 15) is 14.9 Å². The van der Waals surface area contributed by atoms with Crippen LogP contribution in [0, 0.1) is 10.1 Å². The molecule has 144 valence electrons. The maximum Gasteiger partial charge on any atom is 0.293 e. The van der Waals surface area contributed by atoms with Gasteiger partial charge in [0.1, 0.15) is 5.69 Å².